The molecule has 0 N–H and O–H groups in total. The third-order valence-corrected chi connectivity index (χ3v) is 11.6. The largest absolute Gasteiger partial charge is 0.456 e. The molecule has 4 aromatic heterocycles. The number of rotatable bonds is 5. The maximum absolute atomic E-state index is 9.61. The third-order valence-electron chi connectivity index (χ3n) is 10.4. The van der Waals surface area contributed by atoms with Crippen molar-refractivity contribution >= 4 is 75.4 Å². The van der Waals surface area contributed by atoms with Crippen LogP contribution in [0.3, 0.4) is 0 Å². The molecule has 0 atom stereocenters. The van der Waals surface area contributed by atoms with Gasteiger partial charge in [0.15, 0.2) is 17.5 Å². The van der Waals surface area contributed by atoms with Crippen LogP contribution in [-0.4, -0.2) is 15.0 Å². The van der Waals surface area contributed by atoms with Gasteiger partial charge >= 0.3 is 0 Å². The van der Waals surface area contributed by atoms with Crippen LogP contribution in [0.4, 0.5) is 0 Å². The molecule has 5 nitrogen and oxygen atoms in total. The summed E-state index contributed by atoms with van der Waals surface area (Å²) >= 11 is 1.61. The number of hydrogen-bond acceptors (Lipinski definition) is 6. The molecule has 6 heteroatoms. The van der Waals surface area contributed by atoms with E-state index in [4.69, 9.17) is 26.5 Å². The molecule has 0 saturated heterocycles. The van der Waals surface area contributed by atoms with E-state index in [1.807, 2.05) is 127 Å². The zero-order chi connectivity index (χ0) is 42.7. The molecule has 12 aromatic rings. The maximum atomic E-state index is 9.61. The first-order chi connectivity index (χ1) is 30.7. The standard InChI is InChI=1S/C51H29N3O2S/c1-2-9-30(10-3-1)31-17-19-32(20-18-31)49-52-50(54-51(53-49)40-13-8-15-44-48(40)39-12-4-6-14-42(39)55-44)35-22-24-36-41-27-33(23-26-43(41)56-45(36)28-35)34-21-25-38-37-11-5-7-16-46(37)57-47(38)29-34/h1-29H/i22D,23D,24D,26D,27D,28D. The van der Waals surface area contributed by atoms with Crippen LogP contribution in [0, 0.1) is 0 Å². The summed E-state index contributed by atoms with van der Waals surface area (Å²) < 4.78 is 70.8. The highest BCUT2D eigenvalue weighted by atomic mass is 32.1. The summed E-state index contributed by atoms with van der Waals surface area (Å²) in [5, 5.41) is 3.98. The van der Waals surface area contributed by atoms with Crippen LogP contribution in [0.15, 0.2) is 185 Å². The second-order valence-electron chi connectivity index (χ2n) is 13.8. The Balaban J connectivity index is 1.08. The van der Waals surface area contributed by atoms with Crippen LogP contribution in [0.1, 0.15) is 8.22 Å². The third kappa shape index (κ3) is 5.26. The Morgan fingerprint density at radius 3 is 1.95 bits per heavy atom. The van der Waals surface area contributed by atoms with Crippen molar-refractivity contribution in [3.8, 4) is 56.4 Å². The fourth-order valence-corrected chi connectivity index (χ4v) is 8.81. The molecule has 4 heterocycles. The number of furan rings is 2. The van der Waals surface area contributed by atoms with Gasteiger partial charge in [-0.1, -0.05) is 127 Å². The van der Waals surface area contributed by atoms with Gasteiger partial charge in [0.1, 0.15) is 22.3 Å². The average Bonchev–Trinajstić information content (AvgIpc) is 4.03. The lowest BCUT2D eigenvalue weighted by atomic mass is 10.0. The zero-order valence-electron chi connectivity index (χ0n) is 35.8. The molecule has 0 bridgehead atoms. The van der Waals surface area contributed by atoms with Crippen molar-refractivity contribution < 1.29 is 17.1 Å². The maximum Gasteiger partial charge on any atom is 0.164 e. The lowest BCUT2D eigenvalue weighted by Gasteiger charge is -2.10. The Hall–Kier alpha value is -7.41. The number of para-hydroxylation sites is 1. The van der Waals surface area contributed by atoms with E-state index in [0.29, 0.717) is 27.9 Å². The van der Waals surface area contributed by atoms with Gasteiger partial charge in [-0.05, 0) is 70.7 Å². The number of benzene rings is 8. The molecule has 0 fully saturated rings. The monoisotopic (exact) mass is 753 g/mol. The number of nitrogens with zero attached hydrogens (tertiary/aromatic N) is 3. The number of fused-ring (bicyclic) bond motifs is 9. The normalized spacial score (nSPS) is 13.3. The molecule has 57 heavy (non-hydrogen) atoms. The van der Waals surface area contributed by atoms with Gasteiger partial charge in [0.05, 0.1) is 8.22 Å². The van der Waals surface area contributed by atoms with Crippen LogP contribution >= 0.6 is 11.3 Å². The van der Waals surface area contributed by atoms with Gasteiger partial charge in [0, 0.05) is 58.4 Å². The minimum Gasteiger partial charge on any atom is -0.456 e. The first kappa shape index (κ1) is 26.4. The molecule has 0 aliphatic rings. The molecule has 0 spiro atoms. The molecule has 0 radical (unpaired) electrons. The van der Waals surface area contributed by atoms with E-state index < -0.39 is 0 Å². The molecular formula is C51H29N3O2S. The van der Waals surface area contributed by atoms with E-state index in [2.05, 4.69) is 12.1 Å². The smallest absolute Gasteiger partial charge is 0.164 e. The van der Waals surface area contributed by atoms with Crippen LogP contribution in [0.25, 0.3) is 120 Å². The lowest BCUT2D eigenvalue weighted by molar-refractivity contribution is 0.668. The van der Waals surface area contributed by atoms with Crippen LogP contribution in [-0.2, 0) is 0 Å². The minimum atomic E-state index is -0.348. The highest BCUT2D eigenvalue weighted by Gasteiger charge is 2.19. The topological polar surface area (TPSA) is 65.0 Å². The van der Waals surface area contributed by atoms with Crippen LogP contribution < -0.4 is 0 Å². The van der Waals surface area contributed by atoms with Crippen molar-refractivity contribution in [1.29, 1.82) is 0 Å². The van der Waals surface area contributed by atoms with Crippen molar-refractivity contribution in [1.82, 2.24) is 15.0 Å². The van der Waals surface area contributed by atoms with Crippen LogP contribution in [0.2, 0.25) is 0 Å². The first-order valence-corrected chi connectivity index (χ1v) is 19.3. The van der Waals surface area contributed by atoms with E-state index >= 15 is 0 Å². The summed E-state index contributed by atoms with van der Waals surface area (Å²) in [6.45, 7) is 0. The van der Waals surface area contributed by atoms with Gasteiger partial charge in [-0.3, -0.25) is 0 Å². The van der Waals surface area contributed by atoms with E-state index in [1.54, 1.807) is 11.3 Å². The molecular weight excluding hydrogens is 719 g/mol. The number of thiophene rings is 1. The quantitative estimate of drug-likeness (QED) is 0.175. The van der Waals surface area contributed by atoms with Gasteiger partial charge < -0.3 is 8.83 Å². The summed E-state index contributed by atoms with van der Waals surface area (Å²) in [5.74, 6) is 0.541. The SMILES string of the molecule is [2H]c1c(-c2ccc3c(c2)sc2ccccc23)c([2H])c2c(oc3c([2H])c(-c4nc(-c5ccc(-c6ccccc6)cc5)nc(-c5cccc6oc7ccccc7c56)n4)c([2H])c([2H])c32)c1[2H]. The molecule has 0 amide bonds. The fraction of sp³-hybridized carbons (Fsp3) is 0. The summed E-state index contributed by atoms with van der Waals surface area (Å²) in [6.07, 6.45) is 0. The Kier molecular flexibility index (Phi) is 5.82. The fourth-order valence-electron chi connectivity index (χ4n) is 7.67. The Morgan fingerprint density at radius 1 is 0.386 bits per heavy atom. The minimum absolute atomic E-state index is 0.0199. The highest BCUT2D eigenvalue weighted by Crippen LogP contribution is 2.40. The molecule has 12 rings (SSSR count). The van der Waals surface area contributed by atoms with Gasteiger partial charge in [-0.2, -0.15) is 0 Å². The van der Waals surface area contributed by atoms with E-state index in [1.165, 1.54) is 0 Å². The Labute approximate surface area is 338 Å². The molecule has 266 valence electrons. The second-order valence-corrected chi connectivity index (χ2v) is 14.9. The van der Waals surface area contributed by atoms with E-state index in [-0.39, 0.29) is 86.8 Å². The zero-order valence-corrected chi connectivity index (χ0v) is 30.7. The van der Waals surface area contributed by atoms with Crippen molar-refractivity contribution in [3.05, 3.63) is 176 Å². The Bertz CT molecular complexity index is 3880. The number of hydrogen-bond donors (Lipinski definition) is 0. The summed E-state index contributed by atoms with van der Waals surface area (Å²) in [4.78, 5) is 14.8. The van der Waals surface area contributed by atoms with Crippen molar-refractivity contribution in [2.75, 3.05) is 0 Å². The Morgan fingerprint density at radius 2 is 1.05 bits per heavy atom. The highest BCUT2D eigenvalue weighted by molar-refractivity contribution is 7.25. The summed E-state index contributed by atoms with van der Waals surface area (Å²) in [7, 11) is 0. The molecule has 0 saturated carbocycles. The van der Waals surface area contributed by atoms with Gasteiger partial charge in [0.25, 0.3) is 0 Å². The second kappa shape index (κ2) is 12.6. The predicted molar refractivity (Wildman–Crippen MR) is 234 cm³/mol. The lowest BCUT2D eigenvalue weighted by Crippen LogP contribution is -2.00. The van der Waals surface area contributed by atoms with Gasteiger partial charge in [0.2, 0.25) is 0 Å². The van der Waals surface area contributed by atoms with Gasteiger partial charge in [-0.25, -0.2) is 15.0 Å². The van der Waals surface area contributed by atoms with Crippen molar-refractivity contribution in [2.24, 2.45) is 0 Å². The van der Waals surface area contributed by atoms with Crippen molar-refractivity contribution in [2.45, 2.75) is 0 Å². The average molecular weight is 754 g/mol. The summed E-state index contributed by atoms with van der Waals surface area (Å²) in [6, 6.07) is 43.5. The summed E-state index contributed by atoms with van der Waals surface area (Å²) in [5.41, 5.74) is 5.23. The van der Waals surface area contributed by atoms with E-state index in [9.17, 15) is 5.48 Å². The van der Waals surface area contributed by atoms with Crippen molar-refractivity contribution in [3.63, 3.8) is 0 Å². The first-order valence-electron chi connectivity index (χ1n) is 21.4. The molecule has 0 aliphatic heterocycles. The van der Waals surface area contributed by atoms with Crippen LogP contribution in [0.5, 0.6) is 0 Å². The molecule has 0 unspecified atom stereocenters. The predicted octanol–water partition coefficient (Wildman–Crippen LogP) is 14.4. The number of aromatic nitrogens is 3. The van der Waals surface area contributed by atoms with E-state index in [0.717, 1.165) is 42.1 Å². The molecule has 8 aromatic carbocycles. The molecule has 0 aliphatic carbocycles. The van der Waals surface area contributed by atoms with Gasteiger partial charge in [-0.15, -0.1) is 11.3 Å².